The first-order valence-corrected chi connectivity index (χ1v) is 10.6. The SMILES string of the molecule is O=C(NC1CCC(n2nc3c(cc2=O)CCC3)CC1)c1cnn(-c2ccccc2)n1. The fourth-order valence-corrected chi connectivity index (χ4v) is 4.45. The number of benzene rings is 1. The van der Waals surface area contributed by atoms with Gasteiger partial charge in [-0.25, -0.2) is 4.68 Å². The highest BCUT2D eigenvalue weighted by molar-refractivity contribution is 5.92. The van der Waals surface area contributed by atoms with E-state index in [0.717, 1.165) is 61.9 Å². The van der Waals surface area contributed by atoms with Crippen LogP contribution in [0.1, 0.15) is 59.9 Å². The summed E-state index contributed by atoms with van der Waals surface area (Å²) in [6.07, 6.45) is 7.78. The van der Waals surface area contributed by atoms with Gasteiger partial charge in [-0.05, 0) is 62.6 Å². The molecule has 0 radical (unpaired) electrons. The molecule has 1 aromatic carbocycles. The Hall–Kier alpha value is -3.29. The number of aryl methyl sites for hydroxylation is 2. The van der Waals surface area contributed by atoms with Crippen molar-refractivity contribution in [2.24, 2.45) is 0 Å². The topological polar surface area (TPSA) is 94.7 Å². The van der Waals surface area contributed by atoms with Gasteiger partial charge in [0.1, 0.15) is 0 Å². The predicted molar refractivity (Wildman–Crippen MR) is 111 cm³/mol. The summed E-state index contributed by atoms with van der Waals surface area (Å²) in [5, 5.41) is 16.2. The number of para-hydroxylation sites is 1. The number of fused-ring (bicyclic) bond motifs is 1. The third-order valence-corrected chi connectivity index (χ3v) is 6.07. The highest BCUT2D eigenvalue weighted by Gasteiger charge is 2.27. The summed E-state index contributed by atoms with van der Waals surface area (Å²) in [5.74, 6) is -0.214. The first-order valence-electron chi connectivity index (χ1n) is 10.6. The number of aromatic nitrogens is 5. The smallest absolute Gasteiger partial charge is 0.273 e. The molecular formula is C22H24N6O2. The Kier molecular flexibility index (Phi) is 4.90. The van der Waals surface area contributed by atoms with Gasteiger partial charge in [0.2, 0.25) is 0 Å². The predicted octanol–water partition coefficient (Wildman–Crippen LogP) is 2.23. The van der Waals surface area contributed by atoms with Crippen molar-refractivity contribution in [3.8, 4) is 5.69 Å². The van der Waals surface area contributed by atoms with Gasteiger partial charge in [0.15, 0.2) is 5.69 Å². The highest BCUT2D eigenvalue weighted by atomic mass is 16.2. The molecule has 2 heterocycles. The molecule has 0 atom stereocenters. The number of nitrogens with zero attached hydrogens (tertiary/aromatic N) is 5. The van der Waals surface area contributed by atoms with Gasteiger partial charge in [-0.1, -0.05) is 18.2 Å². The Labute approximate surface area is 173 Å². The van der Waals surface area contributed by atoms with E-state index in [2.05, 4.69) is 20.6 Å². The van der Waals surface area contributed by atoms with Gasteiger partial charge in [0, 0.05) is 12.1 Å². The molecule has 3 aromatic rings. The van der Waals surface area contributed by atoms with Crippen LogP contribution in [0.4, 0.5) is 0 Å². The minimum absolute atomic E-state index is 0.000613. The molecule has 2 aliphatic carbocycles. The Morgan fingerprint density at radius 1 is 1.03 bits per heavy atom. The standard InChI is InChI=1S/C22H24N6O2/c29-21-13-15-5-4-8-19(15)25-27(21)17-11-9-16(10-12-17)24-22(30)20-14-23-28(26-20)18-6-2-1-3-7-18/h1-3,6-7,13-14,16-17H,4-5,8-12H2,(H,24,30). The largest absolute Gasteiger partial charge is 0.348 e. The normalized spacial score (nSPS) is 20.7. The fourth-order valence-electron chi connectivity index (χ4n) is 4.45. The maximum atomic E-state index is 12.6. The highest BCUT2D eigenvalue weighted by Crippen LogP contribution is 2.28. The molecule has 1 N–H and O–H groups in total. The van der Waals surface area contributed by atoms with Crippen molar-refractivity contribution in [1.82, 2.24) is 30.1 Å². The third kappa shape index (κ3) is 3.65. The van der Waals surface area contributed by atoms with Crippen LogP contribution in [0.5, 0.6) is 0 Å². The number of carbonyl (C=O) groups excluding carboxylic acids is 1. The molecule has 0 unspecified atom stereocenters. The first-order chi connectivity index (χ1) is 14.7. The Morgan fingerprint density at radius 2 is 1.83 bits per heavy atom. The molecule has 8 nitrogen and oxygen atoms in total. The molecule has 30 heavy (non-hydrogen) atoms. The van der Waals surface area contributed by atoms with Crippen LogP contribution in [0.2, 0.25) is 0 Å². The summed E-state index contributed by atoms with van der Waals surface area (Å²) in [6, 6.07) is 11.4. The molecular weight excluding hydrogens is 380 g/mol. The van der Waals surface area contributed by atoms with Gasteiger partial charge in [0.25, 0.3) is 11.5 Å². The number of rotatable bonds is 4. The monoisotopic (exact) mass is 404 g/mol. The van der Waals surface area contributed by atoms with Crippen LogP contribution in [-0.4, -0.2) is 36.7 Å². The van der Waals surface area contributed by atoms with E-state index in [1.54, 1.807) is 10.7 Å². The zero-order chi connectivity index (χ0) is 20.5. The zero-order valence-electron chi connectivity index (χ0n) is 16.7. The molecule has 0 aliphatic heterocycles. The lowest BCUT2D eigenvalue weighted by Crippen LogP contribution is -2.40. The van der Waals surface area contributed by atoms with Crippen molar-refractivity contribution in [2.75, 3.05) is 0 Å². The van der Waals surface area contributed by atoms with Crippen LogP contribution >= 0.6 is 0 Å². The van der Waals surface area contributed by atoms with Crippen molar-refractivity contribution in [3.63, 3.8) is 0 Å². The number of nitrogens with one attached hydrogen (secondary N) is 1. The maximum absolute atomic E-state index is 12.6. The molecule has 154 valence electrons. The summed E-state index contributed by atoms with van der Waals surface area (Å²) >= 11 is 0. The molecule has 1 fully saturated rings. The summed E-state index contributed by atoms with van der Waals surface area (Å²) in [5.41, 5.74) is 3.30. The van der Waals surface area contributed by atoms with E-state index in [-0.39, 0.29) is 23.6 Å². The number of carbonyl (C=O) groups is 1. The molecule has 8 heteroatoms. The van der Waals surface area contributed by atoms with Gasteiger partial charge in [-0.2, -0.15) is 15.0 Å². The quantitative estimate of drug-likeness (QED) is 0.720. The van der Waals surface area contributed by atoms with Crippen molar-refractivity contribution in [3.05, 3.63) is 69.9 Å². The molecule has 0 saturated heterocycles. The van der Waals surface area contributed by atoms with Crippen molar-refractivity contribution in [1.29, 1.82) is 0 Å². The summed E-state index contributed by atoms with van der Waals surface area (Å²) in [7, 11) is 0. The van der Waals surface area contributed by atoms with Crippen LogP contribution in [0.25, 0.3) is 5.69 Å². The first kappa shape index (κ1) is 18.7. The van der Waals surface area contributed by atoms with Gasteiger partial charge in [-0.3, -0.25) is 9.59 Å². The number of hydrogen-bond donors (Lipinski definition) is 1. The van der Waals surface area contributed by atoms with Crippen LogP contribution in [0, 0.1) is 0 Å². The molecule has 5 rings (SSSR count). The lowest BCUT2D eigenvalue weighted by molar-refractivity contribution is 0.0915. The van der Waals surface area contributed by atoms with Crippen LogP contribution in [0.15, 0.2) is 47.4 Å². The molecule has 1 amide bonds. The van der Waals surface area contributed by atoms with E-state index < -0.39 is 0 Å². The average molecular weight is 404 g/mol. The molecule has 0 spiro atoms. The van der Waals surface area contributed by atoms with E-state index in [4.69, 9.17) is 0 Å². The number of amides is 1. The number of hydrogen-bond acceptors (Lipinski definition) is 5. The minimum atomic E-state index is -0.214. The Bertz CT molecular complexity index is 1110. The summed E-state index contributed by atoms with van der Waals surface area (Å²) in [6.45, 7) is 0. The van der Waals surface area contributed by atoms with E-state index in [1.165, 1.54) is 11.0 Å². The van der Waals surface area contributed by atoms with E-state index in [1.807, 2.05) is 30.3 Å². The zero-order valence-corrected chi connectivity index (χ0v) is 16.7. The van der Waals surface area contributed by atoms with Gasteiger partial charge >= 0.3 is 0 Å². The van der Waals surface area contributed by atoms with Crippen molar-refractivity contribution >= 4 is 5.91 Å². The van der Waals surface area contributed by atoms with Crippen molar-refractivity contribution < 1.29 is 4.79 Å². The van der Waals surface area contributed by atoms with Crippen LogP contribution < -0.4 is 10.9 Å². The third-order valence-electron chi connectivity index (χ3n) is 6.07. The van der Waals surface area contributed by atoms with E-state index >= 15 is 0 Å². The second-order valence-corrected chi connectivity index (χ2v) is 8.09. The second kappa shape index (κ2) is 7.85. The average Bonchev–Trinajstić information content (AvgIpc) is 3.44. The van der Waals surface area contributed by atoms with Crippen LogP contribution in [0.3, 0.4) is 0 Å². The lowest BCUT2D eigenvalue weighted by Gasteiger charge is -2.29. The summed E-state index contributed by atoms with van der Waals surface area (Å²) < 4.78 is 1.67. The molecule has 0 bridgehead atoms. The van der Waals surface area contributed by atoms with Gasteiger partial charge < -0.3 is 5.32 Å². The maximum Gasteiger partial charge on any atom is 0.273 e. The molecule has 2 aliphatic rings. The van der Waals surface area contributed by atoms with Gasteiger partial charge in [0.05, 0.1) is 23.6 Å². The summed E-state index contributed by atoms with van der Waals surface area (Å²) in [4.78, 5) is 26.5. The van der Waals surface area contributed by atoms with Gasteiger partial charge in [-0.15, -0.1) is 5.10 Å². The Balaban J connectivity index is 1.20. The fraction of sp³-hybridized carbons (Fsp3) is 0.409. The minimum Gasteiger partial charge on any atom is -0.348 e. The lowest BCUT2D eigenvalue weighted by atomic mass is 9.91. The molecule has 2 aromatic heterocycles. The van der Waals surface area contributed by atoms with Crippen molar-refractivity contribution in [2.45, 2.75) is 57.0 Å². The second-order valence-electron chi connectivity index (χ2n) is 8.09. The van der Waals surface area contributed by atoms with E-state index in [9.17, 15) is 9.59 Å². The van der Waals surface area contributed by atoms with Crippen LogP contribution in [-0.2, 0) is 12.8 Å². The molecule has 1 saturated carbocycles. The van der Waals surface area contributed by atoms with E-state index in [0.29, 0.717) is 5.69 Å². The Morgan fingerprint density at radius 3 is 2.63 bits per heavy atom.